The summed E-state index contributed by atoms with van der Waals surface area (Å²) in [7, 11) is 0. The van der Waals surface area contributed by atoms with Gasteiger partial charge in [0, 0.05) is 17.1 Å². The van der Waals surface area contributed by atoms with Crippen molar-refractivity contribution in [1.29, 1.82) is 5.26 Å². The molecular weight excluding hydrogens is 437 g/mol. The molecule has 6 nitrogen and oxygen atoms in total. The normalized spacial score (nSPS) is 10.5. The number of hydrogen-bond acceptors (Lipinski definition) is 6. The van der Waals surface area contributed by atoms with Crippen molar-refractivity contribution in [2.45, 2.75) is 11.7 Å². The maximum atomic E-state index is 12.2. The zero-order chi connectivity index (χ0) is 20.1. The van der Waals surface area contributed by atoms with Crippen molar-refractivity contribution in [3.05, 3.63) is 57.9 Å². The minimum Gasteiger partial charge on any atom is -0.316 e. The molecule has 3 rings (SSSR count). The summed E-state index contributed by atoms with van der Waals surface area (Å²) >= 11 is 14.8. The number of nitrogens with one attached hydrogen (secondary N) is 1. The number of rotatable bonds is 7. The number of benzene rings is 1. The molecule has 0 radical (unpaired) electrons. The second kappa shape index (κ2) is 9.26. The molecule has 0 aliphatic carbocycles. The maximum absolute atomic E-state index is 12.2. The van der Waals surface area contributed by atoms with Gasteiger partial charge in [0.15, 0.2) is 11.0 Å². The first-order valence-electron chi connectivity index (χ1n) is 7.93. The minimum atomic E-state index is -0.233. The molecule has 0 bridgehead atoms. The van der Waals surface area contributed by atoms with Crippen LogP contribution < -0.4 is 5.32 Å². The first-order chi connectivity index (χ1) is 13.5. The summed E-state index contributed by atoms with van der Waals surface area (Å²) in [4.78, 5) is 12.2. The van der Waals surface area contributed by atoms with E-state index in [1.165, 1.54) is 23.1 Å². The monoisotopic (exact) mass is 449 g/mol. The smallest absolute Gasteiger partial charge is 0.235 e. The number of halogens is 2. The van der Waals surface area contributed by atoms with E-state index in [9.17, 15) is 4.79 Å². The van der Waals surface area contributed by atoms with Gasteiger partial charge >= 0.3 is 0 Å². The third kappa shape index (κ3) is 4.56. The Hall–Kier alpha value is -2.31. The van der Waals surface area contributed by atoms with E-state index in [4.69, 9.17) is 28.5 Å². The van der Waals surface area contributed by atoms with Crippen LogP contribution in [0, 0.1) is 11.3 Å². The fraction of sp³-hybridized carbons (Fsp3) is 0.111. The molecule has 1 N–H and O–H groups in total. The minimum absolute atomic E-state index is 0.117. The van der Waals surface area contributed by atoms with Gasteiger partial charge in [0.05, 0.1) is 16.3 Å². The maximum Gasteiger partial charge on any atom is 0.235 e. The number of nitriles is 1. The molecule has 0 unspecified atom stereocenters. The third-order valence-corrected chi connectivity index (χ3v) is 5.92. The Morgan fingerprint density at radius 3 is 2.93 bits per heavy atom. The fourth-order valence-corrected chi connectivity index (χ4v) is 4.34. The number of carbonyl (C=O) groups excluding carboxylic acids is 1. The number of nitrogens with zero attached hydrogens (tertiary/aromatic N) is 4. The number of carbonyl (C=O) groups is 1. The predicted molar refractivity (Wildman–Crippen MR) is 114 cm³/mol. The van der Waals surface area contributed by atoms with Crippen LogP contribution in [0.25, 0.3) is 11.4 Å². The molecule has 0 atom stereocenters. The van der Waals surface area contributed by atoms with Crippen LogP contribution in [-0.4, -0.2) is 26.4 Å². The zero-order valence-electron chi connectivity index (χ0n) is 14.4. The highest BCUT2D eigenvalue weighted by Crippen LogP contribution is 2.31. The van der Waals surface area contributed by atoms with Crippen LogP contribution in [0.4, 0.5) is 5.00 Å². The highest BCUT2D eigenvalue weighted by atomic mass is 35.5. The van der Waals surface area contributed by atoms with Crippen LogP contribution in [0.1, 0.15) is 5.56 Å². The van der Waals surface area contributed by atoms with Gasteiger partial charge in [-0.05, 0) is 29.6 Å². The van der Waals surface area contributed by atoms with Gasteiger partial charge in [0.1, 0.15) is 11.1 Å². The van der Waals surface area contributed by atoms with Crippen molar-refractivity contribution in [1.82, 2.24) is 14.8 Å². The highest BCUT2D eigenvalue weighted by Gasteiger charge is 2.17. The van der Waals surface area contributed by atoms with Gasteiger partial charge in [-0.3, -0.25) is 9.36 Å². The van der Waals surface area contributed by atoms with E-state index >= 15 is 0 Å². The molecule has 10 heteroatoms. The molecule has 0 aliphatic rings. The summed E-state index contributed by atoms with van der Waals surface area (Å²) in [5.74, 6) is 0.449. The van der Waals surface area contributed by atoms with Crippen LogP contribution in [0.5, 0.6) is 0 Å². The van der Waals surface area contributed by atoms with Gasteiger partial charge < -0.3 is 5.32 Å². The number of hydrogen-bond donors (Lipinski definition) is 1. The molecule has 1 amide bonds. The molecule has 0 aliphatic heterocycles. The van der Waals surface area contributed by atoms with Gasteiger partial charge in [-0.25, -0.2) is 0 Å². The molecule has 2 heterocycles. The van der Waals surface area contributed by atoms with Gasteiger partial charge in [-0.15, -0.1) is 28.1 Å². The van der Waals surface area contributed by atoms with E-state index in [1.54, 1.807) is 35.7 Å². The Kier molecular flexibility index (Phi) is 6.75. The molecule has 3 aromatic rings. The summed E-state index contributed by atoms with van der Waals surface area (Å²) in [6.07, 6.45) is 1.71. The van der Waals surface area contributed by atoms with Crippen LogP contribution >= 0.6 is 46.3 Å². The van der Waals surface area contributed by atoms with Gasteiger partial charge in [0.25, 0.3) is 0 Å². The van der Waals surface area contributed by atoms with Crippen LogP contribution in [0.15, 0.2) is 47.5 Å². The van der Waals surface area contributed by atoms with Gasteiger partial charge in [-0.2, -0.15) is 5.26 Å². The zero-order valence-corrected chi connectivity index (χ0v) is 17.5. The molecule has 1 aromatic carbocycles. The average Bonchev–Trinajstić information content (AvgIpc) is 3.27. The van der Waals surface area contributed by atoms with E-state index in [-0.39, 0.29) is 11.7 Å². The molecule has 0 saturated carbocycles. The van der Waals surface area contributed by atoms with Crippen molar-refractivity contribution < 1.29 is 4.79 Å². The Morgan fingerprint density at radius 1 is 1.39 bits per heavy atom. The number of thioether (sulfide) groups is 1. The molecular formula is C18H13Cl2N5OS2. The summed E-state index contributed by atoms with van der Waals surface area (Å²) in [6, 6.07) is 8.84. The summed E-state index contributed by atoms with van der Waals surface area (Å²) in [5, 5.41) is 24.0. The summed E-state index contributed by atoms with van der Waals surface area (Å²) in [5.41, 5.74) is 1.13. The van der Waals surface area contributed by atoms with Crippen LogP contribution in [0.3, 0.4) is 0 Å². The predicted octanol–water partition coefficient (Wildman–Crippen LogP) is 5.10. The second-order valence-electron chi connectivity index (χ2n) is 5.44. The lowest BCUT2D eigenvalue weighted by atomic mass is 10.2. The molecule has 0 fully saturated rings. The number of anilines is 1. The lowest BCUT2D eigenvalue weighted by Crippen LogP contribution is -2.14. The largest absolute Gasteiger partial charge is 0.316 e. The molecule has 2 aromatic heterocycles. The van der Waals surface area contributed by atoms with E-state index in [0.717, 1.165) is 0 Å². The molecule has 0 spiro atoms. The van der Waals surface area contributed by atoms with E-state index in [0.29, 0.717) is 43.7 Å². The average molecular weight is 450 g/mol. The van der Waals surface area contributed by atoms with Crippen molar-refractivity contribution in [3.63, 3.8) is 0 Å². The summed E-state index contributed by atoms with van der Waals surface area (Å²) < 4.78 is 1.83. The van der Waals surface area contributed by atoms with Gasteiger partial charge in [0.2, 0.25) is 5.91 Å². The summed E-state index contributed by atoms with van der Waals surface area (Å²) in [6.45, 7) is 4.22. The Balaban J connectivity index is 1.77. The Morgan fingerprint density at radius 2 is 2.21 bits per heavy atom. The SMILES string of the molecule is C=CCn1c(SCC(=O)Nc2sccc2C#N)nnc1-c1ccc(Cl)cc1Cl. The van der Waals surface area contributed by atoms with Gasteiger partial charge in [-0.1, -0.05) is 41.0 Å². The Labute approximate surface area is 179 Å². The van der Waals surface area contributed by atoms with Crippen molar-refractivity contribution >= 4 is 57.2 Å². The number of amides is 1. The molecule has 28 heavy (non-hydrogen) atoms. The lowest BCUT2D eigenvalue weighted by Gasteiger charge is -2.09. The lowest BCUT2D eigenvalue weighted by molar-refractivity contribution is -0.113. The van der Waals surface area contributed by atoms with Crippen molar-refractivity contribution in [2.24, 2.45) is 0 Å². The first-order valence-corrected chi connectivity index (χ1v) is 10.6. The molecule has 142 valence electrons. The van der Waals surface area contributed by atoms with Crippen LogP contribution in [-0.2, 0) is 11.3 Å². The quantitative estimate of drug-likeness (QED) is 0.400. The second-order valence-corrected chi connectivity index (χ2v) is 8.14. The standard InChI is InChI=1S/C18H13Cl2N5OS2/c1-2-6-25-16(13-4-3-12(19)8-14(13)20)23-24-18(25)28-10-15(26)22-17-11(9-21)5-7-27-17/h2-5,7-8H,1,6,10H2,(H,22,26). The van der Waals surface area contributed by atoms with Crippen molar-refractivity contribution in [2.75, 3.05) is 11.1 Å². The fourth-order valence-electron chi connectivity index (χ4n) is 2.35. The van der Waals surface area contributed by atoms with E-state index in [1.807, 2.05) is 10.6 Å². The number of allylic oxidation sites excluding steroid dienone is 1. The molecule has 0 saturated heterocycles. The number of thiophene rings is 1. The first kappa shape index (κ1) is 20.4. The van der Waals surface area contributed by atoms with E-state index in [2.05, 4.69) is 22.1 Å². The topological polar surface area (TPSA) is 83.6 Å². The third-order valence-electron chi connectivity index (χ3n) is 3.57. The number of aromatic nitrogens is 3. The van der Waals surface area contributed by atoms with Crippen LogP contribution in [0.2, 0.25) is 10.0 Å². The van der Waals surface area contributed by atoms with E-state index < -0.39 is 0 Å². The Bertz CT molecular complexity index is 1070. The highest BCUT2D eigenvalue weighted by molar-refractivity contribution is 7.99. The van der Waals surface area contributed by atoms with Crippen molar-refractivity contribution in [3.8, 4) is 17.5 Å².